The minimum atomic E-state index is -0.209. The van der Waals surface area contributed by atoms with Gasteiger partial charge in [0.15, 0.2) is 0 Å². The second kappa shape index (κ2) is 6.42. The number of benzene rings is 1. The highest BCUT2D eigenvalue weighted by atomic mass is 19.1. The largest absolute Gasteiger partial charge is 0.351 e. The Balaban J connectivity index is 1.80. The van der Waals surface area contributed by atoms with Gasteiger partial charge in [-0.2, -0.15) is 0 Å². The average molecular weight is 328 g/mol. The van der Waals surface area contributed by atoms with Gasteiger partial charge in [0.05, 0.1) is 5.56 Å². The van der Waals surface area contributed by atoms with E-state index < -0.39 is 0 Å². The molecule has 1 saturated carbocycles. The summed E-state index contributed by atoms with van der Waals surface area (Å²) in [6.45, 7) is 4.51. The fraction of sp³-hybridized carbons (Fsp3) is 0.450. The molecule has 3 nitrogen and oxygen atoms in total. The van der Waals surface area contributed by atoms with Crippen molar-refractivity contribution in [3.05, 3.63) is 58.7 Å². The summed E-state index contributed by atoms with van der Waals surface area (Å²) < 4.78 is 15.7. The van der Waals surface area contributed by atoms with E-state index in [1.54, 1.807) is 12.1 Å². The van der Waals surface area contributed by atoms with E-state index in [-0.39, 0.29) is 17.1 Å². The van der Waals surface area contributed by atoms with Gasteiger partial charge in [0.25, 0.3) is 5.91 Å². The van der Waals surface area contributed by atoms with Crippen LogP contribution in [0, 0.1) is 19.7 Å². The zero-order valence-electron chi connectivity index (χ0n) is 14.7. The molecule has 1 heterocycles. The molecule has 1 aliphatic rings. The number of aromatic nitrogens is 1. The van der Waals surface area contributed by atoms with Crippen molar-refractivity contribution in [2.24, 2.45) is 7.05 Å². The zero-order valence-corrected chi connectivity index (χ0v) is 14.7. The number of hydrogen-bond donors (Lipinski definition) is 1. The van der Waals surface area contributed by atoms with Crippen molar-refractivity contribution in [3.63, 3.8) is 0 Å². The number of carbonyl (C=O) groups is 1. The number of nitrogens with zero attached hydrogens (tertiary/aromatic N) is 1. The number of hydrogen-bond acceptors (Lipinski definition) is 1. The molecule has 1 N–H and O–H groups in total. The third-order valence-electron chi connectivity index (χ3n) is 5.60. The van der Waals surface area contributed by atoms with Crippen molar-refractivity contribution in [2.75, 3.05) is 6.54 Å². The third-order valence-corrected chi connectivity index (χ3v) is 5.60. The van der Waals surface area contributed by atoms with Gasteiger partial charge in [-0.3, -0.25) is 4.79 Å². The molecule has 0 aliphatic heterocycles. The predicted octanol–water partition coefficient (Wildman–Crippen LogP) is 4.02. The summed E-state index contributed by atoms with van der Waals surface area (Å²) in [6.07, 6.45) is 4.22. The molecule has 4 heteroatoms. The van der Waals surface area contributed by atoms with E-state index in [1.807, 2.05) is 37.6 Å². The highest BCUT2D eigenvalue weighted by molar-refractivity contribution is 5.95. The molecule has 0 radical (unpaired) electrons. The van der Waals surface area contributed by atoms with Crippen LogP contribution in [-0.2, 0) is 12.5 Å². The molecule has 1 aromatic heterocycles. The smallest absolute Gasteiger partial charge is 0.253 e. The van der Waals surface area contributed by atoms with Crippen LogP contribution in [0.4, 0.5) is 4.39 Å². The Kier molecular flexibility index (Phi) is 4.48. The summed E-state index contributed by atoms with van der Waals surface area (Å²) in [4.78, 5) is 12.6. The lowest BCUT2D eigenvalue weighted by Crippen LogP contribution is -2.39. The van der Waals surface area contributed by atoms with E-state index in [4.69, 9.17) is 0 Å². The van der Waals surface area contributed by atoms with Crippen LogP contribution in [0.1, 0.15) is 53.0 Å². The fourth-order valence-electron chi connectivity index (χ4n) is 3.87. The number of aryl methyl sites for hydroxylation is 1. The molecule has 1 fully saturated rings. The summed E-state index contributed by atoms with van der Waals surface area (Å²) in [7, 11) is 1.96. The van der Waals surface area contributed by atoms with E-state index >= 15 is 0 Å². The SMILES string of the molecule is Cc1cc(C(=O)NCC2(c3cccc(F)c3)CCCC2)c(C)n1C. The summed E-state index contributed by atoms with van der Waals surface area (Å²) in [5.74, 6) is -0.251. The molecule has 2 aromatic rings. The Hall–Kier alpha value is -2.10. The highest BCUT2D eigenvalue weighted by Gasteiger charge is 2.36. The maximum absolute atomic E-state index is 13.7. The van der Waals surface area contributed by atoms with Crippen LogP contribution in [-0.4, -0.2) is 17.0 Å². The quantitative estimate of drug-likeness (QED) is 0.903. The van der Waals surface area contributed by atoms with Crippen molar-refractivity contribution in [2.45, 2.75) is 44.9 Å². The van der Waals surface area contributed by atoms with Crippen molar-refractivity contribution in [1.29, 1.82) is 0 Å². The van der Waals surface area contributed by atoms with E-state index in [2.05, 4.69) is 5.32 Å². The maximum Gasteiger partial charge on any atom is 0.253 e. The van der Waals surface area contributed by atoms with Crippen molar-refractivity contribution >= 4 is 5.91 Å². The first-order valence-corrected chi connectivity index (χ1v) is 8.60. The zero-order chi connectivity index (χ0) is 17.3. The highest BCUT2D eigenvalue weighted by Crippen LogP contribution is 2.40. The Labute approximate surface area is 142 Å². The van der Waals surface area contributed by atoms with Crippen LogP contribution in [0.25, 0.3) is 0 Å². The minimum absolute atomic E-state index is 0.0427. The molecule has 24 heavy (non-hydrogen) atoms. The van der Waals surface area contributed by atoms with Crippen molar-refractivity contribution in [3.8, 4) is 0 Å². The Bertz CT molecular complexity index is 757. The van der Waals surface area contributed by atoms with E-state index in [1.165, 1.54) is 6.07 Å². The first kappa shape index (κ1) is 16.7. The first-order valence-electron chi connectivity index (χ1n) is 8.60. The van der Waals surface area contributed by atoms with Crippen LogP contribution < -0.4 is 5.32 Å². The van der Waals surface area contributed by atoms with Gasteiger partial charge in [0.2, 0.25) is 0 Å². The average Bonchev–Trinajstić information content (AvgIpc) is 3.15. The van der Waals surface area contributed by atoms with Crippen LogP contribution in [0.3, 0.4) is 0 Å². The minimum Gasteiger partial charge on any atom is -0.351 e. The van der Waals surface area contributed by atoms with Gasteiger partial charge >= 0.3 is 0 Å². The second-order valence-corrected chi connectivity index (χ2v) is 7.02. The molecule has 0 saturated heterocycles. The Morgan fingerprint density at radius 3 is 2.54 bits per heavy atom. The van der Waals surface area contributed by atoms with Crippen molar-refractivity contribution < 1.29 is 9.18 Å². The summed E-state index contributed by atoms with van der Waals surface area (Å²) in [6, 6.07) is 8.76. The van der Waals surface area contributed by atoms with Crippen LogP contribution in [0.5, 0.6) is 0 Å². The normalized spacial score (nSPS) is 16.3. The molecule has 1 aromatic carbocycles. The van der Waals surface area contributed by atoms with Gasteiger partial charge in [0, 0.05) is 30.4 Å². The third kappa shape index (κ3) is 2.97. The fourth-order valence-corrected chi connectivity index (χ4v) is 3.87. The van der Waals surface area contributed by atoms with E-state index in [9.17, 15) is 9.18 Å². The summed E-state index contributed by atoms with van der Waals surface area (Å²) in [5.41, 5.74) is 3.62. The lowest BCUT2D eigenvalue weighted by Gasteiger charge is -2.30. The maximum atomic E-state index is 13.7. The lowest BCUT2D eigenvalue weighted by molar-refractivity contribution is 0.0942. The van der Waals surface area contributed by atoms with E-state index in [0.29, 0.717) is 6.54 Å². The standard InChI is InChI=1S/C20H25FN2O/c1-14-11-18(15(2)23(14)3)19(24)22-13-20(9-4-5-10-20)16-7-6-8-17(21)12-16/h6-8,11-12H,4-5,9-10,13H2,1-3H3,(H,22,24). The molecule has 128 valence electrons. The van der Waals surface area contributed by atoms with Crippen molar-refractivity contribution in [1.82, 2.24) is 9.88 Å². The number of halogens is 1. The summed E-state index contributed by atoms with van der Waals surface area (Å²) >= 11 is 0. The van der Waals surface area contributed by atoms with Gasteiger partial charge in [-0.25, -0.2) is 4.39 Å². The molecular weight excluding hydrogens is 303 g/mol. The number of nitrogens with one attached hydrogen (secondary N) is 1. The molecule has 1 amide bonds. The number of amides is 1. The summed E-state index contributed by atoms with van der Waals surface area (Å²) in [5, 5.41) is 3.11. The molecule has 0 atom stereocenters. The van der Waals surface area contributed by atoms with E-state index in [0.717, 1.165) is 48.2 Å². The molecule has 0 unspecified atom stereocenters. The van der Waals surface area contributed by atoms with Gasteiger partial charge in [-0.1, -0.05) is 25.0 Å². The number of carbonyl (C=O) groups excluding carboxylic acids is 1. The molecule has 1 aliphatic carbocycles. The predicted molar refractivity (Wildman–Crippen MR) is 93.8 cm³/mol. The molecule has 3 rings (SSSR count). The molecular formula is C20H25FN2O. The van der Waals surface area contributed by atoms with Gasteiger partial charge < -0.3 is 9.88 Å². The lowest BCUT2D eigenvalue weighted by atomic mass is 9.78. The molecule has 0 bridgehead atoms. The molecule has 0 spiro atoms. The van der Waals surface area contributed by atoms with Gasteiger partial charge in [0.1, 0.15) is 5.82 Å². The van der Waals surface area contributed by atoms with Gasteiger partial charge in [-0.05, 0) is 50.5 Å². The van der Waals surface area contributed by atoms with Crippen LogP contribution in [0.2, 0.25) is 0 Å². The monoisotopic (exact) mass is 328 g/mol. The Morgan fingerprint density at radius 1 is 1.25 bits per heavy atom. The first-order chi connectivity index (χ1) is 11.4. The van der Waals surface area contributed by atoms with Crippen LogP contribution >= 0.6 is 0 Å². The second-order valence-electron chi connectivity index (χ2n) is 7.02. The van der Waals surface area contributed by atoms with Crippen LogP contribution in [0.15, 0.2) is 30.3 Å². The Morgan fingerprint density at radius 2 is 1.96 bits per heavy atom. The number of rotatable bonds is 4. The van der Waals surface area contributed by atoms with Gasteiger partial charge in [-0.15, -0.1) is 0 Å². The topological polar surface area (TPSA) is 34.0 Å².